The molecule has 2 aromatic rings. The van der Waals surface area contributed by atoms with Gasteiger partial charge in [0.15, 0.2) is 0 Å². The Morgan fingerprint density at radius 2 is 1.64 bits per heavy atom. The third-order valence-electron chi connectivity index (χ3n) is 3.70. The van der Waals surface area contributed by atoms with Crippen LogP contribution in [-0.2, 0) is 0 Å². The molecule has 1 aliphatic heterocycles. The van der Waals surface area contributed by atoms with E-state index in [9.17, 15) is 0 Å². The van der Waals surface area contributed by atoms with Gasteiger partial charge in [-0.25, -0.2) is 4.98 Å². The van der Waals surface area contributed by atoms with Crippen LogP contribution in [0.4, 0.5) is 5.82 Å². The van der Waals surface area contributed by atoms with Gasteiger partial charge in [-0.3, -0.25) is 4.90 Å². The Morgan fingerprint density at radius 3 is 2.24 bits per heavy atom. The minimum absolute atomic E-state index is 0. The molecule has 1 N–H and O–H groups in total. The van der Waals surface area contributed by atoms with Crippen molar-refractivity contribution in [2.75, 3.05) is 44.2 Å². The summed E-state index contributed by atoms with van der Waals surface area (Å²) in [5, 5.41) is 24.9. The highest BCUT2D eigenvalue weighted by atomic mass is 35.5. The highest BCUT2D eigenvalue weighted by Crippen LogP contribution is 2.19. The summed E-state index contributed by atoms with van der Waals surface area (Å²) < 4.78 is 0. The minimum Gasteiger partial charge on any atom is -0.395 e. The largest absolute Gasteiger partial charge is 0.395 e. The van der Waals surface area contributed by atoms with Crippen LogP contribution in [0.15, 0.2) is 36.4 Å². The Hall–Kier alpha value is -1.87. The van der Waals surface area contributed by atoms with Crippen LogP contribution in [-0.4, -0.2) is 59.4 Å². The van der Waals surface area contributed by atoms with Crippen LogP contribution >= 0.6 is 24.8 Å². The number of anilines is 1. The van der Waals surface area contributed by atoms with E-state index in [1.54, 1.807) is 0 Å². The molecule has 0 unspecified atom stereocenters. The summed E-state index contributed by atoms with van der Waals surface area (Å²) in [7, 11) is 0. The average Bonchev–Trinajstić information content (AvgIpc) is 2.55. The second-order valence-corrected chi connectivity index (χ2v) is 5.14. The molecular formula is C15H21Cl2N4O4-. The molecule has 0 atom stereocenters. The zero-order valence-electron chi connectivity index (χ0n) is 13.5. The molecule has 1 aromatic carbocycles. The van der Waals surface area contributed by atoms with Crippen LogP contribution in [0.1, 0.15) is 0 Å². The number of nitrogens with zero attached hydrogens (tertiary/aromatic N) is 4. The van der Waals surface area contributed by atoms with Crippen molar-refractivity contribution in [2.24, 2.45) is 0 Å². The summed E-state index contributed by atoms with van der Waals surface area (Å²) in [5.41, 5.74) is 1.05. The lowest BCUT2D eigenvalue weighted by atomic mass is 10.2. The zero-order valence-corrected chi connectivity index (χ0v) is 15.1. The van der Waals surface area contributed by atoms with Gasteiger partial charge >= 0.3 is 0 Å². The molecule has 0 radical (unpaired) electrons. The van der Waals surface area contributed by atoms with Gasteiger partial charge in [-0.1, -0.05) is 18.2 Å². The molecule has 8 nitrogen and oxygen atoms in total. The van der Waals surface area contributed by atoms with Gasteiger partial charge < -0.3 is 25.3 Å². The molecule has 1 saturated heterocycles. The minimum atomic E-state index is -1.75. The van der Waals surface area contributed by atoms with Crippen LogP contribution < -0.4 is 4.90 Å². The van der Waals surface area contributed by atoms with E-state index in [0.29, 0.717) is 0 Å². The normalized spacial score (nSPS) is 13.9. The van der Waals surface area contributed by atoms with Gasteiger partial charge in [0.2, 0.25) is 0 Å². The van der Waals surface area contributed by atoms with Gasteiger partial charge in [0.25, 0.3) is 0 Å². The number of rotatable bonds is 3. The second-order valence-electron chi connectivity index (χ2n) is 5.14. The fourth-order valence-electron chi connectivity index (χ4n) is 2.57. The Morgan fingerprint density at radius 1 is 1.04 bits per heavy atom. The summed E-state index contributed by atoms with van der Waals surface area (Å²) >= 11 is 0. The third kappa shape index (κ3) is 7.27. The first-order valence-corrected chi connectivity index (χ1v) is 7.35. The van der Waals surface area contributed by atoms with E-state index < -0.39 is 5.09 Å². The first-order valence-electron chi connectivity index (χ1n) is 7.35. The second kappa shape index (κ2) is 11.6. The molecule has 0 amide bonds. The van der Waals surface area contributed by atoms with Crippen LogP contribution in [0.2, 0.25) is 0 Å². The number of benzene rings is 1. The predicted octanol–water partition coefficient (Wildman–Crippen LogP) is 1.95. The molecule has 140 valence electrons. The SMILES string of the molecule is Cl.Cl.O=[N+]([O-])[O-].OCCN1CCN(c2ccc3ccccc3n2)CC1. The molecule has 0 aliphatic carbocycles. The Kier molecular flexibility index (Phi) is 10.8. The number of pyridine rings is 1. The average molecular weight is 392 g/mol. The molecule has 0 saturated carbocycles. The van der Waals surface area contributed by atoms with Crippen LogP contribution in [0, 0.1) is 15.3 Å². The van der Waals surface area contributed by atoms with Crippen LogP contribution in [0.3, 0.4) is 0 Å². The number of fused-ring (bicyclic) bond motifs is 1. The fraction of sp³-hybridized carbons (Fsp3) is 0.400. The van der Waals surface area contributed by atoms with Gasteiger partial charge in [0.1, 0.15) is 5.82 Å². The van der Waals surface area contributed by atoms with Crippen molar-refractivity contribution in [3.63, 3.8) is 0 Å². The van der Waals surface area contributed by atoms with E-state index in [4.69, 9.17) is 25.4 Å². The summed E-state index contributed by atoms with van der Waals surface area (Å²) in [6.07, 6.45) is 0. The van der Waals surface area contributed by atoms with Crippen LogP contribution in [0.5, 0.6) is 0 Å². The van der Waals surface area contributed by atoms with Gasteiger partial charge in [-0.15, -0.1) is 24.8 Å². The summed E-state index contributed by atoms with van der Waals surface area (Å²) in [5.74, 6) is 1.06. The van der Waals surface area contributed by atoms with E-state index in [0.717, 1.165) is 44.1 Å². The van der Waals surface area contributed by atoms with E-state index in [-0.39, 0.29) is 31.4 Å². The van der Waals surface area contributed by atoms with Crippen molar-refractivity contribution < 1.29 is 10.2 Å². The number of hydrogen-bond acceptors (Lipinski definition) is 7. The highest BCUT2D eigenvalue weighted by molar-refractivity contribution is 5.85. The number of piperazine rings is 1. The zero-order chi connectivity index (χ0) is 16.7. The summed E-state index contributed by atoms with van der Waals surface area (Å²) in [6, 6.07) is 12.4. The highest BCUT2D eigenvalue weighted by Gasteiger charge is 2.17. The van der Waals surface area contributed by atoms with E-state index in [1.807, 2.05) is 12.1 Å². The standard InChI is InChI=1S/C15H19N3O.2ClH.NO3/c19-12-11-17-7-9-18(10-8-17)15-6-5-13-3-1-2-4-14(13)16-15;;;2-1(3)4/h1-6,19H,7-12H2;2*1H;/q;;;-1. The lowest BCUT2D eigenvalue weighted by molar-refractivity contribution is -0.402. The van der Waals surface area contributed by atoms with Crippen molar-refractivity contribution in [1.29, 1.82) is 0 Å². The van der Waals surface area contributed by atoms with E-state index >= 15 is 0 Å². The van der Waals surface area contributed by atoms with E-state index in [1.165, 1.54) is 5.39 Å². The molecule has 1 aliphatic rings. The van der Waals surface area contributed by atoms with Gasteiger partial charge in [0.05, 0.1) is 17.2 Å². The van der Waals surface area contributed by atoms with Crippen molar-refractivity contribution >= 4 is 41.5 Å². The topological polar surface area (TPSA) is 106 Å². The first-order chi connectivity index (χ1) is 11.1. The number of aliphatic hydroxyl groups excluding tert-OH is 1. The monoisotopic (exact) mass is 391 g/mol. The number of halogens is 2. The number of aromatic nitrogens is 1. The fourth-order valence-corrected chi connectivity index (χ4v) is 2.57. The van der Waals surface area contributed by atoms with Crippen molar-refractivity contribution in [3.8, 4) is 0 Å². The molecule has 1 aromatic heterocycles. The van der Waals surface area contributed by atoms with Gasteiger partial charge in [0, 0.05) is 38.1 Å². The number of β-amino-alcohol motifs (C(OH)–C–C–N with tert-alkyl or cyclic N) is 1. The number of para-hydroxylation sites is 1. The molecule has 0 bridgehead atoms. The molecular weight excluding hydrogens is 371 g/mol. The smallest absolute Gasteiger partial charge is 0.129 e. The molecule has 3 rings (SSSR count). The molecule has 0 spiro atoms. The molecule has 10 heteroatoms. The third-order valence-corrected chi connectivity index (χ3v) is 3.70. The Labute approximate surface area is 158 Å². The first kappa shape index (κ1) is 23.1. The van der Waals surface area contributed by atoms with Crippen molar-refractivity contribution in [2.45, 2.75) is 0 Å². The lowest BCUT2D eigenvalue weighted by Crippen LogP contribution is -2.47. The number of hydrogen-bond donors (Lipinski definition) is 1. The maximum atomic E-state index is 8.95. The summed E-state index contributed by atoms with van der Waals surface area (Å²) in [6.45, 7) is 4.97. The van der Waals surface area contributed by atoms with E-state index in [2.05, 4.69) is 34.1 Å². The summed E-state index contributed by atoms with van der Waals surface area (Å²) in [4.78, 5) is 17.6. The lowest BCUT2D eigenvalue weighted by Gasteiger charge is -2.35. The maximum Gasteiger partial charge on any atom is 0.129 e. The van der Waals surface area contributed by atoms with Gasteiger partial charge in [-0.2, -0.15) is 0 Å². The van der Waals surface area contributed by atoms with Gasteiger partial charge in [-0.05, 0) is 18.2 Å². The molecule has 2 heterocycles. The number of aliphatic hydroxyl groups is 1. The predicted molar refractivity (Wildman–Crippen MR) is 102 cm³/mol. The maximum absolute atomic E-state index is 8.95. The van der Waals surface area contributed by atoms with Crippen molar-refractivity contribution in [3.05, 3.63) is 51.7 Å². The Bertz CT molecular complexity index is 650. The molecule has 25 heavy (non-hydrogen) atoms. The van der Waals surface area contributed by atoms with Crippen molar-refractivity contribution in [1.82, 2.24) is 9.88 Å². The van der Waals surface area contributed by atoms with Crippen LogP contribution in [0.25, 0.3) is 10.9 Å². The Balaban J connectivity index is 0.000000874. The molecule has 1 fully saturated rings. The quantitative estimate of drug-likeness (QED) is 0.629.